The second-order valence-corrected chi connectivity index (χ2v) is 8.00. The van der Waals surface area contributed by atoms with Crippen molar-refractivity contribution in [3.05, 3.63) is 53.7 Å². The number of carbonyl (C=O) groups excluding carboxylic acids is 2. The fourth-order valence-corrected chi connectivity index (χ4v) is 3.95. The van der Waals surface area contributed by atoms with Gasteiger partial charge in [-0.25, -0.2) is 9.78 Å². The maximum atomic E-state index is 12.8. The van der Waals surface area contributed by atoms with Gasteiger partial charge >= 0.3 is 12.2 Å². The average molecular weight is 453 g/mol. The van der Waals surface area contributed by atoms with E-state index in [4.69, 9.17) is 0 Å². The average Bonchev–Trinajstić information content (AvgIpc) is 2.77. The number of piperidine rings is 1. The molecule has 1 fully saturated rings. The Morgan fingerprint density at radius 1 is 1.19 bits per heavy atom. The van der Waals surface area contributed by atoms with Crippen LogP contribution in [0.2, 0.25) is 0 Å². The molecule has 0 spiro atoms. The molecule has 0 atom stereocenters. The van der Waals surface area contributed by atoms with Crippen molar-refractivity contribution >= 4 is 29.4 Å². The number of thioether (sulfide) groups is 1. The second-order valence-electron chi connectivity index (χ2n) is 7.21. The van der Waals surface area contributed by atoms with Crippen molar-refractivity contribution in [2.45, 2.75) is 24.0 Å². The maximum absolute atomic E-state index is 12.8. The van der Waals surface area contributed by atoms with Gasteiger partial charge in [-0.05, 0) is 55.3 Å². The molecule has 1 aliphatic rings. The quantitative estimate of drug-likeness (QED) is 0.656. The number of urea groups is 1. The van der Waals surface area contributed by atoms with E-state index in [9.17, 15) is 22.8 Å². The molecular weight excluding hydrogens is 429 g/mol. The summed E-state index contributed by atoms with van der Waals surface area (Å²) in [4.78, 5) is 30.8. The van der Waals surface area contributed by atoms with Crippen molar-refractivity contribution in [1.82, 2.24) is 15.2 Å². The largest absolute Gasteiger partial charge is 0.416 e. The smallest absolute Gasteiger partial charge is 0.339 e. The first-order valence-corrected chi connectivity index (χ1v) is 11.0. The van der Waals surface area contributed by atoms with Gasteiger partial charge in [0.1, 0.15) is 5.03 Å². The van der Waals surface area contributed by atoms with E-state index in [1.54, 1.807) is 23.2 Å². The lowest BCUT2D eigenvalue weighted by Gasteiger charge is -2.32. The molecule has 2 N–H and O–H groups in total. The maximum Gasteiger partial charge on any atom is 0.416 e. The van der Waals surface area contributed by atoms with Gasteiger partial charge in [0.15, 0.2) is 0 Å². The number of nitrogens with one attached hydrogen (secondary N) is 2. The number of nitrogens with zero attached hydrogens (tertiary/aromatic N) is 2. The lowest BCUT2D eigenvalue weighted by molar-refractivity contribution is -0.137. The number of carbonyl (C=O) groups is 2. The van der Waals surface area contributed by atoms with Gasteiger partial charge in [0.2, 0.25) is 0 Å². The van der Waals surface area contributed by atoms with Gasteiger partial charge in [-0.3, -0.25) is 4.79 Å². The standard InChI is InChI=1S/C21H23F3N4O2S/c1-31-18-17(6-3-9-25-18)19(29)28-10-7-14(8-11-28)13-26-20(30)27-16-5-2-4-15(12-16)21(22,23)24/h2-6,9,12,14H,7-8,10-11,13H2,1H3,(H2,26,27,30). The van der Waals surface area contributed by atoms with Crippen molar-refractivity contribution in [3.63, 3.8) is 0 Å². The normalized spacial score (nSPS) is 14.9. The van der Waals surface area contributed by atoms with E-state index in [2.05, 4.69) is 15.6 Å². The Bertz CT molecular complexity index is 931. The van der Waals surface area contributed by atoms with Gasteiger partial charge in [-0.15, -0.1) is 11.8 Å². The number of likely N-dealkylation sites (tertiary alicyclic amines) is 1. The number of rotatable bonds is 5. The van der Waals surface area contributed by atoms with Crippen molar-refractivity contribution in [2.75, 3.05) is 31.2 Å². The molecule has 0 aliphatic carbocycles. The minimum Gasteiger partial charge on any atom is -0.339 e. The molecule has 1 aromatic carbocycles. The van der Waals surface area contributed by atoms with Crippen LogP contribution in [0.3, 0.4) is 0 Å². The minimum absolute atomic E-state index is 0.0499. The van der Waals surface area contributed by atoms with E-state index in [1.165, 1.54) is 23.9 Å². The van der Waals surface area contributed by atoms with Crippen LogP contribution in [0, 0.1) is 5.92 Å². The number of halogens is 3. The SMILES string of the molecule is CSc1ncccc1C(=O)N1CCC(CNC(=O)Nc2cccc(C(F)(F)F)c2)CC1. The van der Waals surface area contributed by atoms with Crippen molar-refractivity contribution in [2.24, 2.45) is 5.92 Å². The first kappa shape index (κ1) is 22.9. The number of pyridine rings is 1. The van der Waals surface area contributed by atoms with E-state index in [0.29, 0.717) is 30.2 Å². The summed E-state index contributed by atoms with van der Waals surface area (Å²) in [5.41, 5.74) is -0.151. The van der Waals surface area contributed by atoms with Gasteiger partial charge < -0.3 is 15.5 Å². The Morgan fingerprint density at radius 2 is 1.94 bits per heavy atom. The van der Waals surface area contributed by atoms with E-state index >= 15 is 0 Å². The Labute approximate surface area is 182 Å². The Kier molecular flexibility index (Phi) is 7.42. The fraction of sp³-hybridized carbons (Fsp3) is 0.381. The summed E-state index contributed by atoms with van der Waals surface area (Å²) < 4.78 is 38.3. The minimum atomic E-state index is -4.47. The summed E-state index contributed by atoms with van der Waals surface area (Å²) in [5, 5.41) is 5.83. The second kappa shape index (κ2) is 10.0. The molecule has 1 saturated heterocycles. The summed E-state index contributed by atoms with van der Waals surface area (Å²) in [6.45, 7) is 1.53. The number of benzene rings is 1. The first-order chi connectivity index (χ1) is 14.8. The third kappa shape index (κ3) is 6.13. The first-order valence-electron chi connectivity index (χ1n) is 9.78. The number of hydrogen-bond donors (Lipinski definition) is 2. The number of hydrogen-bond acceptors (Lipinski definition) is 4. The highest BCUT2D eigenvalue weighted by molar-refractivity contribution is 7.98. The van der Waals surface area contributed by atoms with Gasteiger partial charge in [0.05, 0.1) is 11.1 Å². The van der Waals surface area contributed by atoms with E-state index in [1.807, 2.05) is 6.26 Å². The zero-order chi connectivity index (χ0) is 22.4. The third-order valence-corrected chi connectivity index (χ3v) is 5.81. The van der Waals surface area contributed by atoms with E-state index < -0.39 is 17.8 Å². The van der Waals surface area contributed by atoms with Crippen LogP contribution >= 0.6 is 11.8 Å². The Balaban J connectivity index is 1.46. The molecule has 0 radical (unpaired) electrons. The van der Waals surface area contributed by atoms with Crippen LogP contribution in [0.15, 0.2) is 47.6 Å². The molecule has 31 heavy (non-hydrogen) atoms. The molecule has 3 rings (SSSR count). The fourth-order valence-electron chi connectivity index (χ4n) is 3.41. The van der Waals surface area contributed by atoms with Gasteiger partial charge in [0.25, 0.3) is 5.91 Å². The number of aromatic nitrogens is 1. The molecule has 166 valence electrons. The van der Waals surface area contributed by atoms with Gasteiger partial charge in [-0.2, -0.15) is 13.2 Å². The highest BCUT2D eigenvalue weighted by Gasteiger charge is 2.30. The predicted octanol–water partition coefficient (Wildman–Crippen LogP) is 4.50. The molecule has 0 saturated carbocycles. The summed E-state index contributed by atoms with van der Waals surface area (Å²) in [7, 11) is 0. The van der Waals surface area contributed by atoms with Crippen molar-refractivity contribution in [1.29, 1.82) is 0 Å². The van der Waals surface area contributed by atoms with Crippen molar-refractivity contribution in [3.8, 4) is 0 Å². The summed E-state index contributed by atoms with van der Waals surface area (Å²) in [6.07, 6.45) is 0.521. The van der Waals surface area contributed by atoms with Crippen LogP contribution in [0.1, 0.15) is 28.8 Å². The highest BCUT2D eigenvalue weighted by Crippen LogP contribution is 2.30. The van der Waals surface area contributed by atoms with E-state index in [0.717, 1.165) is 25.0 Å². The third-order valence-electron chi connectivity index (χ3n) is 5.10. The number of alkyl halides is 3. The molecule has 3 amide bonds. The van der Waals surface area contributed by atoms with Crippen LogP contribution in [0.25, 0.3) is 0 Å². The molecule has 6 nitrogen and oxygen atoms in total. The molecule has 2 heterocycles. The molecule has 1 aliphatic heterocycles. The molecule has 0 bridgehead atoms. The Hall–Kier alpha value is -2.75. The molecular formula is C21H23F3N4O2S. The van der Waals surface area contributed by atoms with Gasteiger partial charge in [0, 0.05) is 31.5 Å². The zero-order valence-electron chi connectivity index (χ0n) is 16.9. The topological polar surface area (TPSA) is 74.3 Å². The number of amides is 3. The molecule has 2 aromatic rings. The van der Waals surface area contributed by atoms with E-state index in [-0.39, 0.29) is 17.5 Å². The summed E-state index contributed by atoms with van der Waals surface area (Å²) in [6, 6.07) is 7.45. The van der Waals surface area contributed by atoms with Gasteiger partial charge in [-0.1, -0.05) is 6.07 Å². The van der Waals surface area contributed by atoms with Crippen LogP contribution in [-0.2, 0) is 6.18 Å². The number of anilines is 1. The van der Waals surface area contributed by atoms with Crippen molar-refractivity contribution < 1.29 is 22.8 Å². The predicted molar refractivity (Wildman–Crippen MR) is 113 cm³/mol. The summed E-state index contributed by atoms with van der Waals surface area (Å²) >= 11 is 1.43. The molecule has 10 heteroatoms. The zero-order valence-corrected chi connectivity index (χ0v) is 17.7. The molecule has 0 unspecified atom stereocenters. The van der Waals surface area contributed by atoms with Crippen LogP contribution < -0.4 is 10.6 Å². The summed E-state index contributed by atoms with van der Waals surface area (Å²) in [5.74, 6) is 0.136. The van der Waals surface area contributed by atoms with Crippen LogP contribution in [0.5, 0.6) is 0 Å². The highest BCUT2D eigenvalue weighted by atomic mass is 32.2. The Morgan fingerprint density at radius 3 is 2.61 bits per heavy atom. The lowest BCUT2D eigenvalue weighted by Crippen LogP contribution is -2.42. The monoisotopic (exact) mass is 452 g/mol. The molecule has 1 aromatic heterocycles. The lowest BCUT2D eigenvalue weighted by atomic mass is 9.96. The van der Waals surface area contributed by atoms with Crippen LogP contribution in [-0.4, -0.2) is 47.7 Å². The van der Waals surface area contributed by atoms with Crippen LogP contribution in [0.4, 0.5) is 23.7 Å².